The summed E-state index contributed by atoms with van der Waals surface area (Å²) in [6, 6.07) is 7.54. The lowest BCUT2D eigenvalue weighted by Crippen LogP contribution is -2.25. The van der Waals surface area contributed by atoms with Crippen LogP contribution in [0.15, 0.2) is 36.7 Å². The summed E-state index contributed by atoms with van der Waals surface area (Å²) < 4.78 is 7.68. The third kappa shape index (κ3) is 3.72. The van der Waals surface area contributed by atoms with Gasteiger partial charge in [-0.1, -0.05) is 12.1 Å². The molecule has 0 atom stereocenters. The molecule has 0 fully saturated rings. The van der Waals surface area contributed by atoms with Crippen molar-refractivity contribution in [3.05, 3.63) is 42.5 Å². The highest BCUT2D eigenvalue weighted by molar-refractivity contribution is 5.51. The number of anilines is 1. The average Bonchev–Trinajstić information content (AvgIpc) is 2.77. The highest BCUT2D eigenvalue weighted by Gasteiger charge is 2.05. The van der Waals surface area contributed by atoms with E-state index in [-0.39, 0.29) is 0 Å². The van der Waals surface area contributed by atoms with Crippen LogP contribution in [0.2, 0.25) is 0 Å². The first-order valence-electron chi connectivity index (χ1n) is 6.29. The molecule has 19 heavy (non-hydrogen) atoms. The Hall–Kier alpha value is -2.01. The first-order chi connectivity index (χ1) is 9.16. The predicted octanol–water partition coefficient (Wildman–Crippen LogP) is 1.51. The van der Waals surface area contributed by atoms with Crippen molar-refractivity contribution >= 4 is 5.69 Å². The zero-order valence-corrected chi connectivity index (χ0v) is 11.4. The quantitative estimate of drug-likeness (QED) is 0.800. The lowest BCUT2D eigenvalue weighted by Gasteiger charge is -2.17. The van der Waals surface area contributed by atoms with Crippen molar-refractivity contribution in [1.29, 1.82) is 0 Å². The fourth-order valence-electron chi connectivity index (χ4n) is 1.79. The van der Waals surface area contributed by atoms with Gasteiger partial charge >= 0.3 is 0 Å². The van der Waals surface area contributed by atoms with Gasteiger partial charge < -0.3 is 15.0 Å². The summed E-state index contributed by atoms with van der Waals surface area (Å²) in [7, 11) is 4.05. The molecule has 2 N–H and O–H groups in total. The van der Waals surface area contributed by atoms with Gasteiger partial charge in [-0.25, -0.2) is 4.98 Å². The lowest BCUT2D eigenvalue weighted by molar-refractivity contribution is 0.229. The number of nitrogens with zero attached hydrogens (tertiary/aromatic N) is 3. The Morgan fingerprint density at radius 1 is 1.37 bits per heavy atom. The van der Waals surface area contributed by atoms with Crippen molar-refractivity contribution in [2.24, 2.45) is 7.05 Å². The third-order valence-electron chi connectivity index (χ3n) is 2.98. The highest BCUT2D eigenvalue weighted by Crippen LogP contribution is 2.19. The number of likely N-dealkylation sites (N-methyl/N-ethyl adjacent to an activating group) is 1. The molecule has 0 spiro atoms. The van der Waals surface area contributed by atoms with Gasteiger partial charge in [-0.2, -0.15) is 0 Å². The molecule has 2 rings (SSSR count). The van der Waals surface area contributed by atoms with Crippen molar-refractivity contribution in [1.82, 2.24) is 14.5 Å². The van der Waals surface area contributed by atoms with Gasteiger partial charge in [0, 0.05) is 26.0 Å². The van der Waals surface area contributed by atoms with Gasteiger partial charge in [0.1, 0.15) is 18.2 Å². The molecule has 0 bridgehead atoms. The molecule has 2 aromatic rings. The molecule has 0 amide bonds. The smallest absolute Gasteiger partial charge is 0.142 e. The van der Waals surface area contributed by atoms with Crippen molar-refractivity contribution in [2.75, 3.05) is 25.9 Å². The van der Waals surface area contributed by atoms with Gasteiger partial charge in [-0.05, 0) is 19.2 Å². The van der Waals surface area contributed by atoms with E-state index in [2.05, 4.69) is 9.88 Å². The standard InChI is InChI=1S/C14H20N4O/c1-17(11-14-16-7-8-18(14)2)9-10-19-13-6-4-3-5-12(13)15/h3-8H,9-11,15H2,1-2H3. The van der Waals surface area contributed by atoms with Gasteiger partial charge in [-0.15, -0.1) is 0 Å². The molecule has 0 saturated carbocycles. The minimum absolute atomic E-state index is 0.606. The number of ether oxygens (including phenoxy) is 1. The van der Waals surface area contributed by atoms with Crippen molar-refractivity contribution in [3.8, 4) is 5.75 Å². The second-order valence-corrected chi connectivity index (χ2v) is 4.58. The van der Waals surface area contributed by atoms with Gasteiger partial charge in [0.15, 0.2) is 0 Å². The van der Waals surface area contributed by atoms with Crippen LogP contribution in [0.5, 0.6) is 5.75 Å². The summed E-state index contributed by atoms with van der Waals surface area (Å²) >= 11 is 0. The van der Waals surface area contributed by atoms with E-state index in [0.717, 1.165) is 24.7 Å². The molecule has 1 heterocycles. The van der Waals surface area contributed by atoms with Crippen LogP contribution in [0.3, 0.4) is 0 Å². The summed E-state index contributed by atoms with van der Waals surface area (Å²) in [6.07, 6.45) is 3.76. The zero-order valence-electron chi connectivity index (χ0n) is 11.4. The van der Waals surface area contributed by atoms with Gasteiger partial charge in [0.05, 0.1) is 12.2 Å². The number of aryl methyl sites for hydroxylation is 1. The van der Waals surface area contributed by atoms with E-state index >= 15 is 0 Å². The molecule has 5 heteroatoms. The maximum atomic E-state index is 5.82. The Labute approximate surface area is 113 Å². The Balaban J connectivity index is 1.77. The summed E-state index contributed by atoms with van der Waals surface area (Å²) in [4.78, 5) is 6.46. The van der Waals surface area contributed by atoms with Crippen LogP contribution < -0.4 is 10.5 Å². The topological polar surface area (TPSA) is 56.3 Å². The molecule has 0 aliphatic carbocycles. The van der Waals surface area contributed by atoms with Crippen molar-refractivity contribution in [3.63, 3.8) is 0 Å². The van der Waals surface area contributed by atoms with Crippen LogP contribution >= 0.6 is 0 Å². The van der Waals surface area contributed by atoms with Crippen molar-refractivity contribution < 1.29 is 4.74 Å². The van der Waals surface area contributed by atoms with Gasteiger partial charge in [0.2, 0.25) is 0 Å². The summed E-state index contributed by atoms with van der Waals surface area (Å²) in [5.41, 5.74) is 6.49. The minimum atomic E-state index is 0.606. The van der Waals surface area contributed by atoms with Gasteiger partial charge in [0.25, 0.3) is 0 Å². The number of hydrogen-bond donors (Lipinski definition) is 1. The van der Waals surface area contributed by atoms with E-state index in [9.17, 15) is 0 Å². The fourth-order valence-corrected chi connectivity index (χ4v) is 1.79. The molecule has 5 nitrogen and oxygen atoms in total. The predicted molar refractivity (Wildman–Crippen MR) is 75.9 cm³/mol. The number of nitrogens with two attached hydrogens (primary N) is 1. The zero-order chi connectivity index (χ0) is 13.7. The van der Waals surface area contributed by atoms with Crippen molar-refractivity contribution in [2.45, 2.75) is 6.54 Å². The Morgan fingerprint density at radius 2 is 2.16 bits per heavy atom. The molecule has 0 saturated heterocycles. The number of imidazole rings is 1. The molecule has 0 aliphatic heterocycles. The average molecular weight is 260 g/mol. The van der Waals surface area contributed by atoms with Crippen LogP contribution in [0, 0.1) is 0 Å². The number of hydrogen-bond acceptors (Lipinski definition) is 4. The molecule has 0 aliphatic rings. The Kier molecular flexibility index (Phi) is 4.41. The molecule has 1 aromatic heterocycles. The molecular formula is C14H20N4O. The van der Waals surface area contributed by atoms with Crippen LogP contribution in [0.25, 0.3) is 0 Å². The van der Waals surface area contributed by atoms with Crippen LogP contribution in [-0.2, 0) is 13.6 Å². The number of nitrogen functional groups attached to an aromatic ring is 1. The van der Waals surface area contributed by atoms with Crippen LogP contribution in [-0.4, -0.2) is 34.7 Å². The first-order valence-corrected chi connectivity index (χ1v) is 6.29. The molecule has 1 aromatic carbocycles. The second kappa shape index (κ2) is 6.24. The van der Waals surface area contributed by atoms with E-state index in [1.807, 2.05) is 55.3 Å². The van der Waals surface area contributed by atoms with E-state index in [1.54, 1.807) is 0 Å². The van der Waals surface area contributed by atoms with E-state index in [4.69, 9.17) is 10.5 Å². The van der Waals surface area contributed by atoms with E-state index in [1.165, 1.54) is 0 Å². The maximum Gasteiger partial charge on any atom is 0.142 e. The SMILES string of the molecule is CN(CCOc1ccccc1N)Cc1nccn1C. The van der Waals surface area contributed by atoms with Crippen LogP contribution in [0.1, 0.15) is 5.82 Å². The minimum Gasteiger partial charge on any atom is -0.490 e. The summed E-state index contributed by atoms with van der Waals surface area (Å²) in [5.74, 6) is 1.79. The van der Waals surface area contributed by atoms with E-state index < -0.39 is 0 Å². The third-order valence-corrected chi connectivity index (χ3v) is 2.98. The fraction of sp³-hybridized carbons (Fsp3) is 0.357. The Morgan fingerprint density at radius 3 is 2.84 bits per heavy atom. The number of benzene rings is 1. The lowest BCUT2D eigenvalue weighted by atomic mass is 10.3. The highest BCUT2D eigenvalue weighted by atomic mass is 16.5. The monoisotopic (exact) mass is 260 g/mol. The maximum absolute atomic E-state index is 5.82. The van der Waals surface area contributed by atoms with E-state index in [0.29, 0.717) is 12.3 Å². The number of para-hydroxylation sites is 2. The Bertz CT molecular complexity index is 524. The first kappa shape index (κ1) is 13.4. The summed E-state index contributed by atoms with van der Waals surface area (Å²) in [5, 5.41) is 0. The number of aromatic nitrogens is 2. The second-order valence-electron chi connectivity index (χ2n) is 4.58. The normalized spacial score (nSPS) is 10.9. The molecule has 102 valence electrons. The molecule has 0 unspecified atom stereocenters. The van der Waals surface area contributed by atoms with Gasteiger partial charge in [-0.3, -0.25) is 4.90 Å². The molecular weight excluding hydrogens is 240 g/mol. The largest absolute Gasteiger partial charge is 0.490 e. The summed E-state index contributed by atoms with van der Waals surface area (Å²) in [6.45, 7) is 2.23. The molecule has 0 radical (unpaired) electrons. The number of rotatable bonds is 6. The van der Waals surface area contributed by atoms with Crippen LogP contribution in [0.4, 0.5) is 5.69 Å².